The number of sulfonamides is 1. The monoisotopic (exact) mass is 415 g/mol. The molecule has 3 aromatic rings. The van der Waals surface area contributed by atoms with Crippen LogP contribution in [0.2, 0.25) is 0 Å². The first-order valence-electron chi connectivity index (χ1n) is 7.96. The topological polar surface area (TPSA) is 46.2 Å². The molecular formula is C20H18BrNO2S. The SMILES string of the molecule is CCc1cccc(NS(=O)(=O)c2ccc(-c3ccc(Br)cc3)cc2)c1. The van der Waals surface area contributed by atoms with Crippen molar-refractivity contribution in [2.45, 2.75) is 18.2 Å². The van der Waals surface area contributed by atoms with Crippen LogP contribution >= 0.6 is 15.9 Å². The van der Waals surface area contributed by atoms with E-state index in [-0.39, 0.29) is 4.90 Å². The lowest BCUT2D eigenvalue weighted by Gasteiger charge is -2.10. The summed E-state index contributed by atoms with van der Waals surface area (Å²) in [6.07, 6.45) is 0.859. The summed E-state index contributed by atoms with van der Waals surface area (Å²) < 4.78 is 28.8. The van der Waals surface area contributed by atoms with Gasteiger partial charge < -0.3 is 0 Å². The zero-order chi connectivity index (χ0) is 17.9. The Labute approximate surface area is 156 Å². The summed E-state index contributed by atoms with van der Waals surface area (Å²) in [5.41, 5.74) is 3.68. The van der Waals surface area contributed by atoms with Gasteiger partial charge in [0.2, 0.25) is 0 Å². The van der Waals surface area contributed by atoms with Gasteiger partial charge in [0.25, 0.3) is 10.0 Å². The van der Waals surface area contributed by atoms with Gasteiger partial charge in [0.1, 0.15) is 0 Å². The average molecular weight is 416 g/mol. The van der Waals surface area contributed by atoms with Gasteiger partial charge in [0.05, 0.1) is 4.90 Å². The highest BCUT2D eigenvalue weighted by Crippen LogP contribution is 2.24. The highest BCUT2D eigenvalue weighted by molar-refractivity contribution is 9.10. The maximum atomic E-state index is 12.6. The van der Waals surface area contributed by atoms with E-state index in [1.807, 2.05) is 61.5 Å². The molecule has 0 fully saturated rings. The van der Waals surface area contributed by atoms with Crippen molar-refractivity contribution >= 4 is 31.6 Å². The number of hydrogen-bond acceptors (Lipinski definition) is 2. The minimum absolute atomic E-state index is 0.246. The lowest BCUT2D eigenvalue weighted by atomic mass is 10.1. The molecule has 0 saturated heterocycles. The van der Waals surface area contributed by atoms with Crippen molar-refractivity contribution in [3.05, 3.63) is 82.8 Å². The van der Waals surface area contributed by atoms with Gasteiger partial charge in [-0.3, -0.25) is 4.72 Å². The van der Waals surface area contributed by atoms with Gasteiger partial charge in [-0.15, -0.1) is 0 Å². The molecule has 0 aromatic heterocycles. The van der Waals surface area contributed by atoms with Crippen molar-refractivity contribution in [2.24, 2.45) is 0 Å². The van der Waals surface area contributed by atoms with Crippen molar-refractivity contribution in [1.82, 2.24) is 0 Å². The van der Waals surface area contributed by atoms with Crippen LogP contribution in [0.1, 0.15) is 12.5 Å². The smallest absolute Gasteiger partial charge is 0.261 e. The number of halogens is 1. The normalized spacial score (nSPS) is 11.3. The molecule has 3 rings (SSSR count). The Balaban J connectivity index is 1.83. The molecule has 3 aromatic carbocycles. The summed E-state index contributed by atoms with van der Waals surface area (Å²) in [5.74, 6) is 0. The quantitative estimate of drug-likeness (QED) is 0.599. The van der Waals surface area contributed by atoms with Crippen LogP contribution in [0.3, 0.4) is 0 Å². The second-order valence-electron chi connectivity index (χ2n) is 5.69. The van der Waals surface area contributed by atoms with Crippen LogP contribution in [-0.2, 0) is 16.4 Å². The fourth-order valence-corrected chi connectivity index (χ4v) is 3.85. The van der Waals surface area contributed by atoms with Crippen molar-refractivity contribution in [3.63, 3.8) is 0 Å². The van der Waals surface area contributed by atoms with E-state index in [1.165, 1.54) is 0 Å². The van der Waals surface area contributed by atoms with E-state index in [0.29, 0.717) is 5.69 Å². The van der Waals surface area contributed by atoms with Crippen molar-refractivity contribution in [3.8, 4) is 11.1 Å². The van der Waals surface area contributed by atoms with E-state index in [1.54, 1.807) is 18.2 Å². The minimum atomic E-state index is -3.60. The Hall–Kier alpha value is -2.11. The van der Waals surface area contributed by atoms with E-state index in [9.17, 15) is 8.42 Å². The van der Waals surface area contributed by atoms with E-state index >= 15 is 0 Å². The first-order chi connectivity index (χ1) is 12.0. The molecule has 0 aliphatic rings. The summed E-state index contributed by atoms with van der Waals surface area (Å²) in [5, 5.41) is 0. The first-order valence-corrected chi connectivity index (χ1v) is 10.2. The van der Waals surface area contributed by atoms with Gasteiger partial charge in [0.15, 0.2) is 0 Å². The molecule has 128 valence electrons. The van der Waals surface area contributed by atoms with Gasteiger partial charge in [-0.2, -0.15) is 0 Å². The van der Waals surface area contributed by atoms with Gasteiger partial charge >= 0.3 is 0 Å². The fourth-order valence-electron chi connectivity index (χ4n) is 2.54. The lowest BCUT2D eigenvalue weighted by molar-refractivity contribution is 0.601. The standard InChI is InChI=1S/C20H18BrNO2S/c1-2-15-4-3-5-19(14-15)22-25(23,24)20-12-8-17(9-13-20)16-6-10-18(21)11-7-16/h3-14,22H,2H2,1H3. The van der Waals surface area contributed by atoms with Gasteiger partial charge in [0, 0.05) is 10.2 Å². The van der Waals surface area contributed by atoms with Gasteiger partial charge in [-0.05, 0) is 59.5 Å². The predicted molar refractivity (Wildman–Crippen MR) is 106 cm³/mol. The first kappa shape index (κ1) is 17.7. The molecule has 0 spiro atoms. The maximum absolute atomic E-state index is 12.6. The molecule has 25 heavy (non-hydrogen) atoms. The van der Waals surface area contributed by atoms with Crippen molar-refractivity contribution < 1.29 is 8.42 Å². The number of rotatable bonds is 5. The molecule has 3 nitrogen and oxygen atoms in total. The molecule has 0 heterocycles. The minimum Gasteiger partial charge on any atom is -0.280 e. The number of anilines is 1. The Morgan fingerprint density at radius 2 is 1.48 bits per heavy atom. The summed E-state index contributed by atoms with van der Waals surface area (Å²) in [6.45, 7) is 2.04. The molecule has 5 heteroatoms. The van der Waals surface area contributed by atoms with Crippen LogP contribution in [0.15, 0.2) is 82.2 Å². The van der Waals surface area contributed by atoms with Gasteiger partial charge in [-0.25, -0.2) is 8.42 Å². The molecule has 0 bridgehead atoms. The van der Waals surface area contributed by atoms with Crippen LogP contribution < -0.4 is 4.72 Å². The molecule has 0 aliphatic heterocycles. The van der Waals surface area contributed by atoms with Crippen LogP contribution in [-0.4, -0.2) is 8.42 Å². The summed E-state index contributed by atoms with van der Waals surface area (Å²) >= 11 is 3.41. The second kappa shape index (κ2) is 7.42. The second-order valence-corrected chi connectivity index (χ2v) is 8.29. The number of hydrogen-bond donors (Lipinski definition) is 1. The molecule has 0 amide bonds. The third kappa shape index (κ3) is 4.30. The average Bonchev–Trinajstić information content (AvgIpc) is 2.62. The predicted octanol–water partition coefficient (Wildman–Crippen LogP) is 5.48. The molecule has 0 saturated carbocycles. The van der Waals surface area contributed by atoms with Crippen LogP contribution in [0.4, 0.5) is 5.69 Å². The highest BCUT2D eigenvalue weighted by atomic mass is 79.9. The Kier molecular flexibility index (Phi) is 5.25. The van der Waals surface area contributed by atoms with Crippen LogP contribution in [0.5, 0.6) is 0 Å². The molecule has 0 aliphatic carbocycles. The lowest BCUT2D eigenvalue weighted by Crippen LogP contribution is -2.12. The third-order valence-electron chi connectivity index (χ3n) is 3.93. The van der Waals surface area contributed by atoms with E-state index < -0.39 is 10.0 Å². The molecular weight excluding hydrogens is 398 g/mol. The Bertz CT molecular complexity index is 965. The van der Waals surface area contributed by atoms with E-state index in [4.69, 9.17) is 0 Å². The number of nitrogens with one attached hydrogen (secondary N) is 1. The Morgan fingerprint density at radius 3 is 2.08 bits per heavy atom. The summed E-state index contributed by atoms with van der Waals surface area (Å²) in [4.78, 5) is 0.246. The number of benzene rings is 3. The number of aryl methyl sites for hydroxylation is 1. The zero-order valence-corrected chi connectivity index (χ0v) is 16.1. The molecule has 0 unspecified atom stereocenters. The highest BCUT2D eigenvalue weighted by Gasteiger charge is 2.14. The summed E-state index contributed by atoms with van der Waals surface area (Å²) in [6, 6.07) is 22.2. The van der Waals surface area contributed by atoms with E-state index in [0.717, 1.165) is 27.6 Å². The zero-order valence-electron chi connectivity index (χ0n) is 13.7. The summed E-state index contributed by atoms with van der Waals surface area (Å²) in [7, 11) is -3.60. The van der Waals surface area contributed by atoms with Gasteiger partial charge in [-0.1, -0.05) is 59.3 Å². The largest absolute Gasteiger partial charge is 0.280 e. The molecule has 1 N–H and O–H groups in total. The van der Waals surface area contributed by atoms with Crippen molar-refractivity contribution in [2.75, 3.05) is 4.72 Å². The molecule has 0 atom stereocenters. The van der Waals surface area contributed by atoms with Crippen molar-refractivity contribution in [1.29, 1.82) is 0 Å². The molecule has 0 radical (unpaired) electrons. The van der Waals surface area contributed by atoms with Crippen LogP contribution in [0, 0.1) is 0 Å². The third-order valence-corrected chi connectivity index (χ3v) is 5.86. The maximum Gasteiger partial charge on any atom is 0.261 e. The fraction of sp³-hybridized carbons (Fsp3) is 0.100. The van der Waals surface area contributed by atoms with E-state index in [2.05, 4.69) is 20.7 Å². The Morgan fingerprint density at radius 1 is 0.880 bits per heavy atom. The van der Waals surface area contributed by atoms with Crippen LogP contribution in [0.25, 0.3) is 11.1 Å².